The monoisotopic (exact) mass is 155 g/mol. The van der Waals surface area contributed by atoms with Crippen molar-refractivity contribution in [1.29, 1.82) is 0 Å². The van der Waals surface area contributed by atoms with Crippen LogP contribution in [0.5, 0.6) is 0 Å². The Morgan fingerprint density at radius 2 is 2.27 bits per heavy atom. The third-order valence-electron chi connectivity index (χ3n) is 1.68. The number of hydrogen-bond donors (Lipinski definition) is 1. The predicted molar refractivity (Wildman–Crippen MR) is 46.1 cm³/mol. The summed E-state index contributed by atoms with van der Waals surface area (Å²) in [7, 11) is 0. The molecule has 0 saturated carbocycles. The van der Waals surface area contributed by atoms with Crippen molar-refractivity contribution in [1.82, 2.24) is 5.32 Å². The Labute approximate surface area is 68.6 Å². The summed E-state index contributed by atoms with van der Waals surface area (Å²) in [6.07, 6.45) is 1.40. The summed E-state index contributed by atoms with van der Waals surface area (Å²) >= 11 is 0. The van der Waals surface area contributed by atoms with Crippen LogP contribution in [0.3, 0.4) is 0 Å². The zero-order chi connectivity index (χ0) is 8.48. The van der Waals surface area contributed by atoms with Gasteiger partial charge in [0.2, 0.25) is 0 Å². The molecule has 0 aromatic rings. The number of ether oxygens (including phenoxy) is 1. The molecule has 1 heterocycles. The van der Waals surface area contributed by atoms with Crippen LogP contribution in [0.4, 0.5) is 0 Å². The maximum Gasteiger partial charge on any atom is 0.179 e. The zero-order valence-corrected chi connectivity index (χ0v) is 7.61. The Hall–Kier alpha value is -0.660. The summed E-state index contributed by atoms with van der Waals surface area (Å²) in [5.74, 6) is 0.722. The molecule has 1 saturated heterocycles. The van der Waals surface area contributed by atoms with E-state index in [1.54, 1.807) is 0 Å². The molecule has 0 spiro atoms. The standard InChI is InChI=1S/C9H17NO/c1-7-10-6-8(11-7)5-9(2,3)4/h8,10H,1,5-6H2,2-4H3. The second kappa shape index (κ2) is 2.76. The molecule has 0 aromatic heterocycles. The minimum absolute atomic E-state index is 0.322. The fraction of sp³-hybridized carbons (Fsp3) is 0.778. The van der Waals surface area contributed by atoms with Gasteiger partial charge in [0.05, 0.1) is 6.54 Å². The Balaban J connectivity index is 2.34. The highest BCUT2D eigenvalue weighted by molar-refractivity contribution is 4.90. The van der Waals surface area contributed by atoms with Crippen LogP contribution in [-0.4, -0.2) is 12.6 Å². The van der Waals surface area contributed by atoms with Crippen molar-refractivity contribution in [3.8, 4) is 0 Å². The highest BCUT2D eigenvalue weighted by Crippen LogP contribution is 2.24. The number of rotatable bonds is 1. The van der Waals surface area contributed by atoms with Gasteiger partial charge in [-0.1, -0.05) is 20.8 Å². The van der Waals surface area contributed by atoms with Crippen molar-refractivity contribution < 1.29 is 4.74 Å². The summed E-state index contributed by atoms with van der Waals surface area (Å²) in [6, 6.07) is 0. The van der Waals surface area contributed by atoms with Crippen LogP contribution in [0.2, 0.25) is 0 Å². The molecule has 1 aliphatic heterocycles. The van der Waals surface area contributed by atoms with Crippen molar-refractivity contribution in [2.24, 2.45) is 5.41 Å². The molecule has 0 aromatic carbocycles. The lowest BCUT2D eigenvalue weighted by Gasteiger charge is -2.21. The number of nitrogens with one attached hydrogen (secondary N) is 1. The van der Waals surface area contributed by atoms with Gasteiger partial charge in [-0.25, -0.2) is 0 Å². The molecule has 1 aliphatic rings. The second-order valence-electron chi connectivity index (χ2n) is 4.31. The Kier molecular flexibility index (Phi) is 2.12. The van der Waals surface area contributed by atoms with Crippen LogP contribution in [0, 0.1) is 5.41 Å². The summed E-state index contributed by atoms with van der Waals surface area (Å²) in [5, 5.41) is 3.08. The van der Waals surface area contributed by atoms with Gasteiger partial charge in [-0.3, -0.25) is 0 Å². The normalized spacial score (nSPS) is 24.6. The van der Waals surface area contributed by atoms with E-state index < -0.39 is 0 Å². The van der Waals surface area contributed by atoms with Crippen molar-refractivity contribution in [2.45, 2.75) is 33.3 Å². The maximum absolute atomic E-state index is 5.43. The molecule has 1 fully saturated rings. The SMILES string of the molecule is C=C1NCC(CC(C)(C)C)O1. The van der Waals surface area contributed by atoms with Crippen molar-refractivity contribution >= 4 is 0 Å². The topological polar surface area (TPSA) is 21.3 Å². The first-order chi connectivity index (χ1) is 4.97. The zero-order valence-electron chi connectivity index (χ0n) is 7.61. The number of hydrogen-bond acceptors (Lipinski definition) is 2. The summed E-state index contributed by atoms with van der Waals surface area (Å²) < 4.78 is 5.43. The Bertz CT molecular complexity index is 157. The molecule has 1 atom stereocenters. The third-order valence-corrected chi connectivity index (χ3v) is 1.68. The maximum atomic E-state index is 5.43. The van der Waals surface area contributed by atoms with E-state index in [1.165, 1.54) is 0 Å². The van der Waals surface area contributed by atoms with E-state index in [1.807, 2.05) is 0 Å². The summed E-state index contributed by atoms with van der Waals surface area (Å²) in [4.78, 5) is 0. The van der Waals surface area contributed by atoms with Gasteiger partial charge in [-0.2, -0.15) is 0 Å². The fourth-order valence-corrected chi connectivity index (χ4v) is 1.31. The molecule has 2 heteroatoms. The highest BCUT2D eigenvalue weighted by Gasteiger charge is 2.24. The predicted octanol–water partition coefficient (Wildman–Crippen LogP) is 1.88. The van der Waals surface area contributed by atoms with Crippen LogP contribution in [0.15, 0.2) is 12.5 Å². The minimum atomic E-state index is 0.322. The largest absolute Gasteiger partial charge is 0.475 e. The first-order valence-corrected chi connectivity index (χ1v) is 4.07. The minimum Gasteiger partial charge on any atom is -0.475 e. The molecular weight excluding hydrogens is 138 g/mol. The van der Waals surface area contributed by atoms with Gasteiger partial charge in [0.25, 0.3) is 0 Å². The van der Waals surface area contributed by atoms with Gasteiger partial charge >= 0.3 is 0 Å². The van der Waals surface area contributed by atoms with Gasteiger partial charge < -0.3 is 10.1 Å². The smallest absolute Gasteiger partial charge is 0.179 e. The molecule has 1 unspecified atom stereocenters. The van der Waals surface area contributed by atoms with E-state index in [0.717, 1.165) is 18.8 Å². The van der Waals surface area contributed by atoms with Crippen molar-refractivity contribution in [2.75, 3.05) is 6.54 Å². The molecule has 0 bridgehead atoms. The molecule has 1 rings (SSSR count). The van der Waals surface area contributed by atoms with Crippen LogP contribution < -0.4 is 5.32 Å². The quantitative estimate of drug-likeness (QED) is 0.624. The lowest BCUT2D eigenvalue weighted by molar-refractivity contribution is 0.122. The molecule has 2 nitrogen and oxygen atoms in total. The van der Waals surface area contributed by atoms with Gasteiger partial charge in [0, 0.05) is 0 Å². The van der Waals surface area contributed by atoms with Crippen LogP contribution in [0.1, 0.15) is 27.2 Å². The van der Waals surface area contributed by atoms with E-state index in [0.29, 0.717) is 11.5 Å². The van der Waals surface area contributed by atoms with E-state index >= 15 is 0 Å². The molecule has 0 aliphatic carbocycles. The Morgan fingerprint density at radius 1 is 1.64 bits per heavy atom. The molecule has 11 heavy (non-hydrogen) atoms. The molecule has 0 radical (unpaired) electrons. The lowest BCUT2D eigenvalue weighted by Crippen LogP contribution is -2.21. The van der Waals surface area contributed by atoms with Crippen molar-refractivity contribution in [3.05, 3.63) is 12.5 Å². The fourth-order valence-electron chi connectivity index (χ4n) is 1.31. The van der Waals surface area contributed by atoms with Crippen LogP contribution in [0.25, 0.3) is 0 Å². The lowest BCUT2D eigenvalue weighted by atomic mass is 9.89. The average molecular weight is 155 g/mol. The van der Waals surface area contributed by atoms with E-state index in [-0.39, 0.29) is 0 Å². The molecule has 0 amide bonds. The average Bonchev–Trinajstić information content (AvgIpc) is 2.10. The van der Waals surface area contributed by atoms with E-state index in [4.69, 9.17) is 4.74 Å². The second-order valence-corrected chi connectivity index (χ2v) is 4.31. The van der Waals surface area contributed by atoms with E-state index in [9.17, 15) is 0 Å². The Morgan fingerprint density at radius 3 is 2.64 bits per heavy atom. The first kappa shape index (κ1) is 8.44. The molecule has 1 N–H and O–H groups in total. The van der Waals surface area contributed by atoms with Gasteiger partial charge in [0.1, 0.15) is 6.10 Å². The van der Waals surface area contributed by atoms with Crippen molar-refractivity contribution in [3.63, 3.8) is 0 Å². The third kappa shape index (κ3) is 2.83. The molecule has 64 valence electrons. The highest BCUT2D eigenvalue weighted by atomic mass is 16.5. The van der Waals surface area contributed by atoms with E-state index in [2.05, 4.69) is 32.7 Å². The summed E-state index contributed by atoms with van der Waals surface area (Å²) in [5.41, 5.74) is 0.344. The molecular formula is C9H17NO. The van der Waals surface area contributed by atoms with Gasteiger partial charge in [-0.15, -0.1) is 0 Å². The van der Waals surface area contributed by atoms with Crippen LogP contribution in [-0.2, 0) is 4.74 Å². The first-order valence-electron chi connectivity index (χ1n) is 4.07. The van der Waals surface area contributed by atoms with Gasteiger partial charge in [0.15, 0.2) is 5.88 Å². The van der Waals surface area contributed by atoms with Crippen LogP contribution >= 0.6 is 0 Å². The van der Waals surface area contributed by atoms with Gasteiger partial charge in [-0.05, 0) is 18.4 Å². The summed E-state index contributed by atoms with van der Waals surface area (Å²) in [6.45, 7) is 11.3.